The van der Waals surface area contributed by atoms with Crippen LogP contribution in [-0.2, 0) is 14.8 Å². The lowest BCUT2D eigenvalue weighted by Gasteiger charge is -2.22. The van der Waals surface area contributed by atoms with E-state index < -0.39 is 22.1 Å². The third kappa shape index (κ3) is 5.36. The van der Waals surface area contributed by atoms with Gasteiger partial charge in [0.1, 0.15) is 6.04 Å². The number of hydrogen-bond donors (Lipinski definition) is 4. The molecule has 24 heavy (non-hydrogen) atoms. The molecule has 4 N–H and O–H groups in total. The van der Waals surface area contributed by atoms with Crippen molar-refractivity contribution in [2.75, 3.05) is 19.6 Å². The minimum Gasteiger partial charge on any atom is -0.354 e. The summed E-state index contributed by atoms with van der Waals surface area (Å²) < 4.78 is 26.4. The summed E-state index contributed by atoms with van der Waals surface area (Å²) in [5, 5.41) is 8.16. The molecule has 3 amide bonds. The number of rotatable bonds is 6. The summed E-state index contributed by atoms with van der Waals surface area (Å²) in [6.07, 6.45) is 1.39. The molecule has 1 aliphatic rings. The number of piperidine rings is 1. The molecule has 1 aliphatic heterocycles. The molecule has 1 aromatic rings. The van der Waals surface area contributed by atoms with Crippen LogP contribution in [0.1, 0.15) is 12.8 Å². The van der Waals surface area contributed by atoms with Crippen LogP contribution in [0.25, 0.3) is 0 Å². The second kappa shape index (κ2) is 8.32. The van der Waals surface area contributed by atoms with Gasteiger partial charge in [-0.15, -0.1) is 0 Å². The largest absolute Gasteiger partial charge is 0.354 e. The first kappa shape index (κ1) is 18.5. The number of sulfonamides is 1. The van der Waals surface area contributed by atoms with Crippen LogP contribution < -0.4 is 20.7 Å². The van der Waals surface area contributed by atoms with Crippen molar-refractivity contribution in [3.63, 3.8) is 0 Å². The maximum atomic E-state index is 12.0. The highest BCUT2D eigenvalue weighted by molar-refractivity contribution is 7.89. The molecule has 1 unspecified atom stereocenters. The van der Waals surface area contributed by atoms with E-state index in [9.17, 15) is 18.0 Å². The van der Waals surface area contributed by atoms with Gasteiger partial charge in [-0.25, -0.2) is 17.9 Å². The van der Waals surface area contributed by atoms with E-state index in [2.05, 4.69) is 20.7 Å². The molecular weight excluding hydrogens is 356 g/mol. The first-order valence-corrected chi connectivity index (χ1v) is 9.32. The van der Waals surface area contributed by atoms with Crippen molar-refractivity contribution in [1.82, 2.24) is 20.7 Å². The van der Waals surface area contributed by atoms with E-state index in [4.69, 9.17) is 11.6 Å². The van der Waals surface area contributed by atoms with Gasteiger partial charge in [-0.1, -0.05) is 11.6 Å². The molecule has 1 saturated heterocycles. The highest BCUT2D eigenvalue weighted by Crippen LogP contribution is 2.13. The van der Waals surface area contributed by atoms with Crippen LogP contribution in [0.4, 0.5) is 4.79 Å². The summed E-state index contributed by atoms with van der Waals surface area (Å²) >= 11 is 5.72. The van der Waals surface area contributed by atoms with Gasteiger partial charge in [0, 0.05) is 24.7 Å². The second-order valence-electron chi connectivity index (χ2n) is 5.24. The van der Waals surface area contributed by atoms with Gasteiger partial charge in [0.15, 0.2) is 0 Å². The molecule has 8 nitrogen and oxygen atoms in total. The Balaban J connectivity index is 1.72. The third-order valence-corrected chi connectivity index (χ3v) is 5.15. The number of carbonyl (C=O) groups is 2. The van der Waals surface area contributed by atoms with Gasteiger partial charge in [-0.2, -0.15) is 0 Å². The maximum Gasteiger partial charge on any atom is 0.315 e. The number of hydrogen-bond acceptors (Lipinski definition) is 4. The predicted octanol–water partition coefficient (Wildman–Crippen LogP) is 0.196. The predicted molar refractivity (Wildman–Crippen MR) is 89.2 cm³/mol. The van der Waals surface area contributed by atoms with E-state index >= 15 is 0 Å². The van der Waals surface area contributed by atoms with Gasteiger partial charge >= 0.3 is 6.03 Å². The van der Waals surface area contributed by atoms with Crippen molar-refractivity contribution < 1.29 is 18.0 Å². The number of nitrogens with one attached hydrogen (secondary N) is 4. The lowest BCUT2D eigenvalue weighted by atomic mass is 10.1. The molecule has 1 atom stereocenters. The third-order valence-electron chi connectivity index (χ3n) is 3.42. The molecule has 0 aliphatic carbocycles. The van der Waals surface area contributed by atoms with Gasteiger partial charge in [0.05, 0.1) is 4.90 Å². The Morgan fingerprint density at radius 1 is 1.25 bits per heavy atom. The molecule has 1 heterocycles. The van der Waals surface area contributed by atoms with Crippen LogP contribution in [0.15, 0.2) is 29.2 Å². The lowest BCUT2D eigenvalue weighted by molar-refractivity contribution is -0.124. The summed E-state index contributed by atoms with van der Waals surface area (Å²) in [6.45, 7) is 0.730. The van der Waals surface area contributed by atoms with Gasteiger partial charge < -0.3 is 16.0 Å². The number of benzene rings is 1. The summed E-state index contributed by atoms with van der Waals surface area (Å²) in [4.78, 5) is 23.3. The second-order valence-corrected chi connectivity index (χ2v) is 7.44. The zero-order valence-corrected chi connectivity index (χ0v) is 14.4. The summed E-state index contributed by atoms with van der Waals surface area (Å²) in [7, 11) is -3.66. The van der Waals surface area contributed by atoms with Crippen molar-refractivity contribution in [2.24, 2.45) is 0 Å². The molecule has 2 rings (SSSR count). The number of urea groups is 1. The van der Waals surface area contributed by atoms with Crippen molar-refractivity contribution in [3.05, 3.63) is 29.3 Å². The lowest BCUT2D eigenvalue weighted by Crippen LogP contribution is -2.53. The summed E-state index contributed by atoms with van der Waals surface area (Å²) in [6, 6.07) is 4.69. The quantitative estimate of drug-likeness (QED) is 0.532. The van der Waals surface area contributed by atoms with E-state index in [-0.39, 0.29) is 23.9 Å². The zero-order valence-electron chi connectivity index (χ0n) is 12.8. The van der Waals surface area contributed by atoms with Gasteiger partial charge in [-0.3, -0.25) is 4.79 Å². The Bertz CT molecular complexity index is 693. The van der Waals surface area contributed by atoms with Crippen molar-refractivity contribution >= 4 is 33.6 Å². The molecule has 0 spiro atoms. The molecule has 1 fully saturated rings. The van der Waals surface area contributed by atoms with Gasteiger partial charge in [-0.05, 0) is 37.1 Å². The van der Waals surface area contributed by atoms with Crippen LogP contribution in [0.2, 0.25) is 5.02 Å². The van der Waals surface area contributed by atoms with Gasteiger partial charge in [0.2, 0.25) is 15.9 Å². The average molecular weight is 375 g/mol. The topological polar surface area (TPSA) is 116 Å². The fourth-order valence-corrected chi connectivity index (χ4v) is 3.34. The van der Waals surface area contributed by atoms with E-state index in [1.807, 2.05) is 0 Å². The average Bonchev–Trinajstić information content (AvgIpc) is 2.54. The highest BCUT2D eigenvalue weighted by atomic mass is 35.5. The smallest absolute Gasteiger partial charge is 0.315 e. The molecular formula is C14H19ClN4O4S. The SMILES string of the molecule is O=C(NCCNS(=O)(=O)c1ccc(Cl)cc1)NC1CCCNC1=O. The Kier molecular flexibility index (Phi) is 6.41. The van der Waals surface area contributed by atoms with Crippen LogP contribution in [0, 0.1) is 0 Å². The van der Waals surface area contributed by atoms with E-state index in [0.717, 1.165) is 6.42 Å². The minimum absolute atomic E-state index is 0.0231. The Hall–Kier alpha value is -1.84. The first-order chi connectivity index (χ1) is 11.4. The summed E-state index contributed by atoms with van der Waals surface area (Å²) in [5.74, 6) is -0.208. The van der Waals surface area contributed by atoms with Gasteiger partial charge in [0.25, 0.3) is 0 Å². The molecule has 1 aromatic carbocycles. The van der Waals surface area contributed by atoms with Crippen LogP contribution >= 0.6 is 11.6 Å². The Morgan fingerprint density at radius 3 is 2.62 bits per heavy atom. The molecule has 0 aromatic heterocycles. The van der Waals surface area contributed by atoms with E-state index in [0.29, 0.717) is 18.0 Å². The Morgan fingerprint density at radius 2 is 1.96 bits per heavy atom. The van der Waals surface area contributed by atoms with Crippen LogP contribution in [0.3, 0.4) is 0 Å². The number of carbonyl (C=O) groups excluding carboxylic acids is 2. The van der Waals surface area contributed by atoms with Crippen molar-refractivity contribution in [1.29, 1.82) is 0 Å². The van der Waals surface area contributed by atoms with Crippen LogP contribution in [-0.4, -0.2) is 46.0 Å². The number of amides is 3. The first-order valence-electron chi connectivity index (χ1n) is 7.46. The normalized spacial score (nSPS) is 17.9. The zero-order chi connectivity index (χ0) is 17.6. The maximum absolute atomic E-state index is 12.0. The summed E-state index contributed by atoms with van der Waals surface area (Å²) in [5.41, 5.74) is 0. The fraction of sp³-hybridized carbons (Fsp3) is 0.429. The highest BCUT2D eigenvalue weighted by Gasteiger charge is 2.23. The molecule has 10 heteroatoms. The molecule has 132 valence electrons. The van der Waals surface area contributed by atoms with Crippen LogP contribution in [0.5, 0.6) is 0 Å². The minimum atomic E-state index is -3.66. The molecule has 0 radical (unpaired) electrons. The standard InChI is InChI=1S/C14H19ClN4O4S/c15-10-3-5-11(6-4-10)24(22,23)18-9-8-17-14(21)19-12-2-1-7-16-13(12)20/h3-6,12,18H,1-2,7-9H2,(H,16,20)(H2,17,19,21). The molecule has 0 saturated carbocycles. The Labute approximate surface area is 145 Å². The van der Waals surface area contributed by atoms with Crippen molar-refractivity contribution in [3.8, 4) is 0 Å². The van der Waals surface area contributed by atoms with E-state index in [1.54, 1.807) is 0 Å². The van der Waals surface area contributed by atoms with Crippen molar-refractivity contribution in [2.45, 2.75) is 23.8 Å². The number of halogens is 1. The van der Waals surface area contributed by atoms with E-state index in [1.165, 1.54) is 24.3 Å². The monoisotopic (exact) mass is 374 g/mol. The molecule has 0 bridgehead atoms. The fourth-order valence-electron chi connectivity index (χ4n) is 2.18.